The Morgan fingerprint density at radius 3 is 2.39 bits per heavy atom. The van der Waals surface area contributed by atoms with Gasteiger partial charge in [0, 0.05) is 30.3 Å². The van der Waals surface area contributed by atoms with Crippen molar-refractivity contribution >= 4 is 23.4 Å². The molecule has 1 aromatic heterocycles. The highest BCUT2D eigenvalue weighted by atomic mass is 32.2. The first-order chi connectivity index (χ1) is 8.38. The van der Waals surface area contributed by atoms with E-state index in [1.165, 1.54) is 0 Å². The zero-order valence-corrected chi connectivity index (χ0v) is 13.0. The molecule has 1 unspecified atom stereocenters. The highest BCUT2D eigenvalue weighted by Crippen LogP contribution is 2.25. The predicted molar refractivity (Wildman–Crippen MR) is 81.5 cm³/mol. The molecule has 4 nitrogen and oxygen atoms in total. The molecule has 0 aliphatic rings. The number of aromatic nitrogens is 2. The van der Waals surface area contributed by atoms with Crippen LogP contribution in [0.15, 0.2) is 0 Å². The lowest BCUT2D eigenvalue weighted by Crippen LogP contribution is -2.32. The molecular formula is C13H24N4S. The van der Waals surface area contributed by atoms with Crippen LogP contribution in [0.3, 0.4) is 0 Å². The normalized spacial score (nSPS) is 12.8. The second kappa shape index (κ2) is 6.27. The molecule has 18 heavy (non-hydrogen) atoms. The van der Waals surface area contributed by atoms with Crippen LogP contribution >= 0.6 is 11.8 Å². The minimum Gasteiger partial charge on any atom is -0.383 e. The van der Waals surface area contributed by atoms with Crippen molar-refractivity contribution in [2.45, 2.75) is 39.7 Å². The van der Waals surface area contributed by atoms with Gasteiger partial charge in [-0.3, -0.25) is 0 Å². The molecular weight excluding hydrogens is 244 g/mol. The van der Waals surface area contributed by atoms with E-state index >= 15 is 0 Å². The Hall–Kier alpha value is -0.970. The summed E-state index contributed by atoms with van der Waals surface area (Å²) in [6.07, 6.45) is 2.12. The van der Waals surface area contributed by atoms with Gasteiger partial charge in [0.2, 0.25) is 0 Å². The van der Waals surface area contributed by atoms with Gasteiger partial charge in [0.1, 0.15) is 17.5 Å². The molecule has 102 valence electrons. The quantitative estimate of drug-likeness (QED) is 0.890. The number of nitrogens with zero attached hydrogens (tertiary/aromatic N) is 3. The summed E-state index contributed by atoms with van der Waals surface area (Å²) >= 11 is 1.84. The van der Waals surface area contributed by atoms with Crippen molar-refractivity contribution in [1.82, 2.24) is 9.97 Å². The summed E-state index contributed by atoms with van der Waals surface area (Å²) in [5.74, 6) is 3.71. The summed E-state index contributed by atoms with van der Waals surface area (Å²) < 4.78 is 0. The van der Waals surface area contributed by atoms with Crippen LogP contribution in [0.4, 0.5) is 11.6 Å². The van der Waals surface area contributed by atoms with Crippen LogP contribution in [-0.4, -0.2) is 35.1 Å². The molecule has 5 heteroatoms. The van der Waals surface area contributed by atoms with Crippen LogP contribution in [0.25, 0.3) is 0 Å². The van der Waals surface area contributed by atoms with Gasteiger partial charge < -0.3 is 10.6 Å². The lowest BCUT2D eigenvalue weighted by Gasteiger charge is -2.27. The summed E-state index contributed by atoms with van der Waals surface area (Å²) in [5.41, 5.74) is 6.96. The van der Waals surface area contributed by atoms with E-state index in [2.05, 4.69) is 48.9 Å². The molecule has 0 aliphatic carbocycles. The van der Waals surface area contributed by atoms with Gasteiger partial charge in [-0.1, -0.05) is 13.8 Å². The average Bonchev–Trinajstić information content (AvgIpc) is 2.31. The maximum Gasteiger partial charge on any atom is 0.137 e. The lowest BCUT2D eigenvalue weighted by atomic mass is 10.2. The van der Waals surface area contributed by atoms with Crippen molar-refractivity contribution in [3.63, 3.8) is 0 Å². The van der Waals surface area contributed by atoms with Gasteiger partial charge in [0.25, 0.3) is 0 Å². The first kappa shape index (κ1) is 15.1. The van der Waals surface area contributed by atoms with Crippen molar-refractivity contribution in [3.8, 4) is 0 Å². The van der Waals surface area contributed by atoms with E-state index in [9.17, 15) is 0 Å². The third-order valence-electron chi connectivity index (χ3n) is 3.09. The smallest absolute Gasteiger partial charge is 0.137 e. The van der Waals surface area contributed by atoms with Crippen LogP contribution < -0.4 is 10.6 Å². The van der Waals surface area contributed by atoms with Gasteiger partial charge in [-0.05, 0) is 20.1 Å². The van der Waals surface area contributed by atoms with Crippen LogP contribution in [0.5, 0.6) is 0 Å². The molecule has 1 rings (SSSR count). The van der Waals surface area contributed by atoms with Crippen molar-refractivity contribution in [3.05, 3.63) is 11.4 Å². The molecule has 1 heterocycles. The van der Waals surface area contributed by atoms with Gasteiger partial charge in [-0.25, -0.2) is 9.97 Å². The fourth-order valence-corrected chi connectivity index (χ4v) is 2.41. The standard InChI is InChI=1S/C13H24N4S/c1-8(2)12-15-11(14)10(4)13(16-12)17(5)9(3)7-18-6/h8-9H,7H2,1-6H3,(H2,14,15,16). The molecule has 0 amide bonds. The van der Waals surface area contributed by atoms with Gasteiger partial charge >= 0.3 is 0 Å². The van der Waals surface area contributed by atoms with Gasteiger partial charge in [-0.2, -0.15) is 11.8 Å². The van der Waals surface area contributed by atoms with E-state index in [1.54, 1.807) is 0 Å². The molecule has 0 spiro atoms. The first-order valence-electron chi connectivity index (χ1n) is 6.24. The van der Waals surface area contributed by atoms with Gasteiger partial charge in [0.05, 0.1) is 0 Å². The van der Waals surface area contributed by atoms with Gasteiger partial charge in [-0.15, -0.1) is 0 Å². The second-order valence-electron chi connectivity index (χ2n) is 4.99. The topological polar surface area (TPSA) is 55.0 Å². The molecule has 1 aromatic rings. The number of rotatable bonds is 5. The zero-order chi connectivity index (χ0) is 13.9. The third kappa shape index (κ3) is 3.28. The SMILES string of the molecule is CSCC(C)N(C)c1nc(C(C)C)nc(N)c1C. The zero-order valence-electron chi connectivity index (χ0n) is 12.2. The van der Waals surface area contributed by atoms with Crippen LogP contribution in [0.1, 0.15) is 38.1 Å². The first-order valence-corrected chi connectivity index (χ1v) is 7.63. The summed E-state index contributed by atoms with van der Waals surface area (Å²) in [4.78, 5) is 11.2. The van der Waals surface area contributed by atoms with Crippen LogP contribution in [-0.2, 0) is 0 Å². The predicted octanol–water partition coefficient (Wildman–Crippen LogP) is 2.68. The van der Waals surface area contributed by atoms with E-state index in [0.717, 1.165) is 23.0 Å². The highest BCUT2D eigenvalue weighted by molar-refractivity contribution is 7.98. The Bertz CT molecular complexity index is 406. The molecule has 0 saturated heterocycles. The Morgan fingerprint density at radius 2 is 1.89 bits per heavy atom. The summed E-state index contributed by atoms with van der Waals surface area (Å²) in [5, 5.41) is 0. The molecule has 0 bridgehead atoms. The Labute approximate surface area is 114 Å². The number of hydrogen-bond donors (Lipinski definition) is 1. The third-order valence-corrected chi connectivity index (χ3v) is 3.91. The fraction of sp³-hybridized carbons (Fsp3) is 0.692. The number of thioether (sulfide) groups is 1. The van der Waals surface area contributed by atoms with Crippen molar-refractivity contribution in [1.29, 1.82) is 0 Å². The van der Waals surface area contributed by atoms with E-state index < -0.39 is 0 Å². The van der Waals surface area contributed by atoms with Crippen molar-refractivity contribution in [2.24, 2.45) is 0 Å². The molecule has 2 N–H and O–H groups in total. The number of hydrogen-bond acceptors (Lipinski definition) is 5. The molecule has 1 atom stereocenters. The average molecular weight is 268 g/mol. The maximum absolute atomic E-state index is 5.99. The summed E-state index contributed by atoms with van der Waals surface area (Å²) in [7, 11) is 2.07. The van der Waals surface area contributed by atoms with Crippen LogP contribution in [0, 0.1) is 6.92 Å². The lowest BCUT2D eigenvalue weighted by molar-refractivity contribution is 0.722. The molecule has 0 aliphatic heterocycles. The Morgan fingerprint density at radius 1 is 1.28 bits per heavy atom. The molecule has 0 radical (unpaired) electrons. The summed E-state index contributed by atoms with van der Waals surface area (Å²) in [6.45, 7) is 8.35. The number of nitrogen functional groups attached to an aromatic ring is 1. The minimum absolute atomic E-state index is 0.288. The summed E-state index contributed by atoms with van der Waals surface area (Å²) in [6, 6.07) is 0.424. The van der Waals surface area contributed by atoms with E-state index in [4.69, 9.17) is 5.73 Å². The number of nitrogens with two attached hydrogens (primary N) is 1. The molecule has 0 saturated carbocycles. The van der Waals surface area contributed by atoms with E-state index in [1.807, 2.05) is 18.7 Å². The van der Waals surface area contributed by atoms with Gasteiger partial charge in [0.15, 0.2) is 0 Å². The van der Waals surface area contributed by atoms with Crippen molar-refractivity contribution < 1.29 is 0 Å². The maximum atomic E-state index is 5.99. The van der Waals surface area contributed by atoms with E-state index in [-0.39, 0.29) is 5.92 Å². The second-order valence-corrected chi connectivity index (χ2v) is 5.90. The fourth-order valence-electron chi connectivity index (χ4n) is 1.70. The van der Waals surface area contributed by atoms with Crippen LogP contribution in [0.2, 0.25) is 0 Å². The van der Waals surface area contributed by atoms with E-state index in [0.29, 0.717) is 11.9 Å². The monoisotopic (exact) mass is 268 g/mol. The largest absolute Gasteiger partial charge is 0.383 e. The molecule has 0 fully saturated rings. The minimum atomic E-state index is 0.288. The molecule has 0 aromatic carbocycles. The Balaban J connectivity index is 3.14. The number of anilines is 2. The Kier molecular flexibility index (Phi) is 5.26. The van der Waals surface area contributed by atoms with Crippen molar-refractivity contribution in [2.75, 3.05) is 29.7 Å². The highest BCUT2D eigenvalue weighted by Gasteiger charge is 2.17.